The first-order chi connectivity index (χ1) is 18.6. The number of benzene rings is 3. The standard InChI is InChI=1S/C32H38Br2N2O3/c1-5-6-17-35-31(38)28(19-23-11-8-7-9-12-23)36(21-24-13-10-14-26(33)18-24)30(37)22-39-29-16-15-25(20-27(29)34)32(2,3)4/h7-16,18,20,28H,5-6,17,19,21-22H2,1-4H3,(H,35,38)/t28-/m1/s1. The Morgan fingerprint density at radius 2 is 1.67 bits per heavy atom. The summed E-state index contributed by atoms with van der Waals surface area (Å²) in [6, 6.07) is 22.9. The van der Waals surface area contributed by atoms with Crippen LogP contribution in [0.4, 0.5) is 0 Å². The molecule has 0 aliphatic rings. The quantitative estimate of drug-likeness (QED) is 0.206. The van der Waals surface area contributed by atoms with E-state index in [-0.39, 0.29) is 30.4 Å². The van der Waals surface area contributed by atoms with E-state index in [0.717, 1.165) is 38.5 Å². The van der Waals surface area contributed by atoms with Crippen molar-refractivity contribution >= 4 is 43.7 Å². The number of nitrogens with zero attached hydrogens (tertiary/aromatic N) is 1. The summed E-state index contributed by atoms with van der Waals surface area (Å²) in [7, 11) is 0. The topological polar surface area (TPSA) is 58.6 Å². The van der Waals surface area contributed by atoms with Crippen LogP contribution in [-0.2, 0) is 28.0 Å². The molecule has 0 bridgehead atoms. The lowest BCUT2D eigenvalue weighted by Crippen LogP contribution is -2.51. The molecule has 3 aromatic carbocycles. The predicted molar refractivity (Wildman–Crippen MR) is 165 cm³/mol. The minimum atomic E-state index is -0.689. The summed E-state index contributed by atoms with van der Waals surface area (Å²) < 4.78 is 7.71. The molecule has 0 unspecified atom stereocenters. The fourth-order valence-corrected chi connectivity index (χ4v) is 5.14. The molecule has 0 saturated carbocycles. The molecule has 1 atom stereocenters. The van der Waals surface area contributed by atoms with Crippen molar-refractivity contribution in [2.45, 2.75) is 65.0 Å². The highest BCUT2D eigenvalue weighted by Gasteiger charge is 2.31. The smallest absolute Gasteiger partial charge is 0.261 e. The lowest BCUT2D eigenvalue weighted by Gasteiger charge is -2.31. The molecule has 0 aliphatic carbocycles. The largest absolute Gasteiger partial charge is 0.483 e. The fourth-order valence-electron chi connectivity index (χ4n) is 4.20. The van der Waals surface area contributed by atoms with Gasteiger partial charge in [0, 0.05) is 24.0 Å². The van der Waals surface area contributed by atoms with E-state index in [1.807, 2.05) is 72.8 Å². The first-order valence-corrected chi connectivity index (χ1v) is 15.0. The molecule has 3 aromatic rings. The van der Waals surface area contributed by atoms with Crippen LogP contribution in [0.2, 0.25) is 0 Å². The second-order valence-corrected chi connectivity index (χ2v) is 12.5. The Labute approximate surface area is 249 Å². The van der Waals surface area contributed by atoms with Crippen LogP contribution in [0.25, 0.3) is 0 Å². The van der Waals surface area contributed by atoms with E-state index in [9.17, 15) is 9.59 Å². The summed E-state index contributed by atoms with van der Waals surface area (Å²) >= 11 is 7.13. The van der Waals surface area contributed by atoms with Gasteiger partial charge < -0.3 is 15.0 Å². The maximum atomic E-state index is 13.8. The molecule has 7 heteroatoms. The Hall–Kier alpha value is -2.64. The molecular weight excluding hydrogens is 620 g/mol. The van der Waals surface area contributed by atoms with E-state index in [2.05, 4.69) is 64.9 Å². The number of hydrogen-bond acceptors (Lipinski definition) is 3. The van der Waals surface area contributed by atoms with Crippen molar-refractivity contribution in [1.29, 1.82) is 0 Å². The lowest BCUT2D eigenvalue weighted by molar-refractivity contribution is -0.142. The number of unbranched alkanes of at least 4 members (excludes halogenated alkanes) is 1. The maximum Gasteiger partial charge on any atom is 0.261 e. The molecule has 0 heterocycles. The fraction of sp³-hybridized carbons (Fsp3) is 0.375. The van der Waals surface area contributed by atoms with E-state index in [4.69, 9.17) is 4.74 Å². The van der Waals surface area contributed by atoms with Crippen molar-refractivity contribution in [3.63, 3.8) is 0 Å². The van der Waals surface area contributed by atoms with E-state index in [1.54, 1.807) is 4.90 Å². The molecule has 0 aromatic heterocycles. The third-order valence-electron chi connectivity index (χ3n) is 6.49. The summed E-state index contributed by atoms with van der Waals surface area (Å²) in [5.74, 6) is 0.172. The number of carbonyl (C=O) groups excluding carboxylic acids is 2. The van der Waals surface area contributed by atoms with Crippen LogP contribution < -0.4 is 10.1 Å². The Balaban J connectivity index is 1.89. The molecule has 3 rings (SSSR count). The van der Waals surface area contributed by atoms with Gasteiger partial charge in [0.05, 0.1) is 4.47 Å². The third kappa shape index (κ3) is 9.50. The summed E-state index contributed by atoms with van der Waals surface area (Å²) in [4.78, 5) is 29.0. The van der Waals surface area contributed by atoms with Crippen molar-refractivity contribution in [3.8, 4) is 5.75 Å². The molecule has 0 fully saturated rings. The zero-order valence-electron chi connectivity index (χ0n) is 23.2. The monoisotopic (exact) mass is 656 g/mol. The average Bonchev–Trinajstić information content (AvgIpc) is 2.90. The summed E-state index contributed by atoms with van der Waals surface area (Å²) in [5.41, 5.74) is 3.07. The molecule has 1 N–H and O–H groups in total. The van der Waals surface area contributed by atoms with Gasteiger partial charge in [-0.1, -0.05) is 98.6 Å². The van der Waals surface area contributed by atoms with Crippen LogP contribution in [0.5, 0.6) is 5.75 Å². The van der Waals surface area contributed by atoms with Crippen molar-refractivity contribution in [2.24, 2.45) is 0 Å². The van der Waals surface area contributed by atoms with Crippen LogP contribution in [0, 0.1) is 0 Å². The SMILES string of the molecule is CCCCNC(=O)[C@@H](Cc1ccccc1)N(Cc1cccc(Br)c1)C(=O)COc1ccc(C(C)(C)C)cc1Br. The molecule has 0 radical (unpaired) electrons. The van der Waals surface area contributed by atoms with Gasteiger partial charge in [-0.05, 0) is 68.7 Å². The number of hydrogen-bond donors (Lipinski definition) is 1. The molecule has 2 amide bonds. The van der Waals surface area contributed by atoms with Crippen molar-refractivity contribution in [1.82, 2.24) is 10.2 Å². The minimum absolute atomic E-state index is 0.00652. The summed E-state index contributed by atoms with van der Waals surface area (Å²) in [5, 5.41) is 3.05. The second-order valence-electron chi connectivity index (χ2n) is 10.7. The van der Waals surface area contributed by atoms with E-state index in [1.165, 1.54) is 0 Å². The Bertz CT molecular complexity index is 1240. The number of amides is 2. The summed E-state index contributed by atoms with van der Waals surface area (Å²) in [6.07, 6.45) is 2.26. The zero-order valence-corrected chi connectivity index (χ0v) is 26.3. The molecule has 39 heavy (non-hydrogen) atoms. The van der Waals surface area contributed by atoms with Crippen LogP contribution in [0.15, 0.2) is 81.7 Å². The first kappa shape index (κ1) is 30.9. The van der Waals surface area contributed by atoms with Crippen molar-refractivity contribution in [2.75, 3.05) is 13.2 Å². The second kappa shape index (κ2) is 14.7. The number of rotatable bonds is 12. The average molecular weight is 658 g/mol. The van der Waals surface area contributed by atoms with Crippen molar-refractivity contribution in [3.05, 3.63) is 98.4 Å². The van der Waals surface area contributed by atoms with Gasteiger partial charge in [0.15, 0.2) is 6.61 Å². The highest BCUT2D eigenvalue weighted by Crippen LogP contribution is 2.31. The van der Waals surface area contributed by atoms with E-state index in [0.29, 0.717) is 18.7 Å². The Kier molecular flexibility index (Phi) is 11.6. The van der Waals surface area contributed by atoms with Gasteiger partial charge >= 0.3 is 0 Å². The van der Waals surface area contributed by atoms with Gasteiger partial charge in [-0.3, -0.25) is 9.59 Å². The van der Waals surface area contributed by atoms with Crippen LogP contribution in [0.1, 0.15) is 57.2 Å². The number of halogens is 2. The van der Waals surface area contributed by atoms with Gasteiger partial charge in [0.1, 0.15) is 11.8 Å². The summed E-state index contributed by atoms with van der Waals surface area (Å²) in [6.45, 7) is 9.20. The van der Waals surface area contributed by atoms with Gasteiger partial charge in [-0.25, -0.2) is 0 Å². The third-order valence-corrected chi connectivity index (χ3v) is 7.60. The van der Waals surface area contributed by atoms with Gasteiger partial charge in [0.2, 0.25) is 5.91 Å². The Morgan fingerprint density at radius 3 is 2.31 bits per heavy atom. The van der Waals surface area contributed by atoms with Crippen LogP contribution in [-0.4, -0.2) is 35.9 Å². The van der Waals surface area contributed by atoms with Crippen LogP contribution >= 0.6 is 31.9 Å². The first-order valence-electron chi connectivity index (χ1n) is 13.4. The molecular formula is C32H38Br2N2O3. The number of nitrogens with one attached hydrogen (secondary N) is 1. The molecule has 0 saturated heterocycles. The number of carbonyl (C=O) groups is 2. The highest BCUT2D eigenvalue weighted by molar-refractivity contribution is 9.10. The molecule has 0 aliphatic heterocycles. The molecule has 0 spiro atoms. The number of ether oxygens (including phenoxy) is 1. The molecule has 208 valence electrons. The van der Waals surface area contributed by atoms with E-state index >= 15 is 0 Å². The van der Waals surface area contributed by atoms with E-state index < -0.39 is 6.04 Å². The Morgan fingerprint density at radius 1 is 0.949 bits per heavy atom. The highest BCUT2D eigenvalue weighted by atomic mass is 79.9. The zero-order chi connectivity index (χ0) is 28.4. The predicted octanol–water partition coefficient (Wildman–Crippen LogP) is 7.44. The van der Waals surface area contributed by atoms with Crippen LogP contribution in [0.3, 0.4) is 0 Å². The minimum Gasteiger partial charge on any atom is -0.483 e. The van der Waals surface area contributed by atoms with Gasteiger partial charge in [-0.15, -0.1) is 0 Å². The van der Waals surface area contributed by atoms with Crippen molar-refractivity contribution < 1.29 is 14.3 Å². The van der Waals surface area contributed by atoms with Gasteiger partial charge in [-0.2, -0.15) is 0 Å². The van der Waals surface area contributed by atoms with Gasteiger partial charge in [0.25, 0.3) is 5.91 Å². The molecule has 5 nitrogen and oxygen atoms in total. The maximum absolute atomic E-state index is 13.8. The normalized spacial score (nSPS) is 12.1. The lowest BCUT2D eigenvalue weighted by atomic mass is 9.87.